The fourth-order valence-corrected chi connectivity index (χ4v) is 1.90. The standard InChI is InChI=1S/C15H21F4N3/c1-20-14(21-9-3-2-8-15(17,18)19)22-10-7-12-5-4-6-13(16)11-12/h4-6,11H,2-3,7-10H2,1H3,(H2,20,21,22). The Morgan fingerprint density at radius 3 is 2.50 bits per heavy atom. The summed E-state index contributed by atoms with van der Waals surface area (Å²) >= 11 is 0. The van der Waals surface area contributed by atoms with E-state index in [4.69, 9.17) is 0 Å². The lowest BCUT2D eigenvalue weighted by Gasteiger charge is -2.12. The number of halogens is 4. The van der Waals surface area contributed by atoms with Crippen LogP contribution in [0.4, 0.5) is 17.6 Å². The van der Waals surface area contributed by atoms with E-state index in [-0.39, 0.29) is 12.2 Å². The van der Waals surface area contributed by atoms with Gasteiger partial charge in [-0.1, -0.05) is 12.1 Å². The molecule has 0 aliphatic carbocycles. The molecular formula is C15H21F4N3. The number of hydrogen-bond donors (Lipinski definition) is 2. The second kappa shape index (κ2) is 9.27. The highest BCUT2D eigenvalue weighted by atomic mass is 19.4. The fraction of sp³-hybridized carbons (Fsp3) is 0.533. The van der Waals surface area contributed by atoms with Crippen LogP contribution in [0.5, 0.6) is 0 Å². The molecular weight excluding hydrogens is 298 g/mol. The molecule has 1 aromatic rings. The van der Waals surface area contributed by atoms with Crippen LogP contribution in [0.1, 0.15) is 24.8 Å². The Hall–Kier alpha value is -1.79. The first-order valence-electron chi connectivity index (χ1n) is 7.16. The van der Waals surface area contributed by atoms with Crippen LogP contribution in [0.2, 0.25) is 0 Å². The highest BCUT2D eigenvalue weighted by molar-refractivity contribution is 5.79. The van der Waals surface area contributed by atoms with Gasteiger partial charge in [-0.15, -0.1) is 0 Å². The maximum absolute atomic E-state index is 13.0. The van der Waals surface area contributed by atoms with Crippen LogP contribution in [0.15, 0.2) is 29.3 Å². The van der Waals surface area contributed by atoms with Crippen molar-refractivity contribution in [1.29, 1.82) is 0 Å². The molecule has 0 radical (unpaired) electrons. The van der Waals surface area contributed by atoms with Gasteiger partial charge >= 0.3 is 6.18 Å². The summed E-state index contributed by atoms with van der Waals surface area (Å²) in [6.45, 7) is 0.987. The minimum absolute atomic E-state index is 0.0940. The van der Waals surface area contributed by atoms with Gasteiger partial charge in [0.2, 0.25) is 0 Å². The van der Waals surface area contributed by atoms with Gasteiger partial charge in [0.25, 0.3) is 0 Å². The molecule has 0 aliphatic rings. The Morgan fingerprint density at radius 1 is 1.14 bits per heavy atom. The Bertz CT molecular complexity index is 472. The van der Waals surface area contributed by atoms with E-state index in [1.54, 1.807) is 13.1 Å². The van der Waals surface area contributed by atoms with Crippen molar-refractivity contribution in [3.05, 3.63) is 35.6 Å². The third kappa shape index (κ3) is 8.49. The van der Waals surface area contributed by atoms with Gasteiger partial charge in [0.05, 0.1) is 0 Å². The smallest absolute Gasteiger partial charge is 0.356 e. The minimum Gasteiger partial charge on any atom is -0.356 e. The summed E-state index contributed by atoms with van der Waals surface area (Å²) in [5, 5.41) is 5.99. The SMILES string of the molecule is CN=C(NCCCCC(F)(F)F)NCCc1cccc(F)c1. The Balaban J connectivity index is 2.17. The molecule has 0 saturated carbocycles. The molecule has 3 nitrogen and oxygen atoms in total. The molecule has 1 aromatic carbocycles. The predicted octanol–water partition coefficient (Wildman–Crippen LogP) is 3.27. The molecule has 0 fully saturated rings. The zero-order valence-electron chi connectivity index (χ0n) is 12.5. The van der Waals surface area contributed by atoms with Gasteiger partial charge in [-0.25, -0.2) is 4.39 Å². The molecule has 22 heavy (non-hydrogen) atoms. The normalized spacial score (nSPS) is 12.3. The van der Waals surface area contributed by atoms with E-state index in [2.05, 4.69) is 15.6 Å². The van der Waals surface area contributed by atoms with Crippen molar-refractivity contribution in [3.8, 4) is 0 Å². The zero-order valence-corrected chi connectivity index (χ0v) is 12.5. The molecule has 0 heterocycles. The number of rotatable bonds is 7. The summed E-state index contributed by atoms with van der Waals surface area (Å²) in [4.78, 5) is 3.98. The summed E-state index contributed by atoms with van der Waals surface area (Å²) in [5.74, 6) is 0.257. The molecule has 0 saturated heterocycles. The van der Waals surface area contributed by atoms with E-state index >= 15 is 0 Å². The van der Waals surface area contributed by atoms with Gasteiger partial charge in [0, 0.05) is 26.6 Å². The number of alkyl halides is 3. The van der Waals surface area contributed by atoms with Gasteiger partial charge in [-0.05, 0) is 37.0 Å². The van der Waals surface area contributed by atoms with Crippen LogP contribution in [-0.2, 0) is 6.42 Å². The molecule has 0 atom stereocenters. The maximum Gasteiger partial charge on any atom is 0.389 e. The number of unbranched alkanes of at least 4 members (excludes halogenated alkanes) is 1. The van der Waals surface area contributed by atoms with E-state index in [9.17, 15) is 17.6 Å². The second-order valence-corrected chi connectivity index (χ2v) is 4.88. The quantitative estimate of drug-likeness (QED) is 0.350. The zero-order chi connectivity index (χ0) is 16.4. The van der Waals surface area contributed by atoms with Crippen molar-refractivity contribution >= 4 is 5.96 Å². The average molecular weight is 319 g/mol. The number of nitrogens with zero attached hydrogens (tertiary/aromatic N) is 1. The number of nitrogens with one attached hydrogen (secondary N) is 2. The van der Waals surface area contributed by atoms with Crippen LogP contribution in [0.3, 0.4) is 0 Å². The largest absolute Gasteiger partial charge is 0.389 e. The summed E-state index contributed by atoms with van der Waals surface area (Å²) in [6.07, 6.45) is -3.71. The van der Waals surface area contributed by atoms with Gasteiger partial charge < -0.3 is 10.6 Å². The number of hydrogen-bond acceptors (Lipinski definition) is 1. The molecule has 0 amide bonds. The van der Waals surface area contributed by atoms with E-state index < -0.39 is 12.6 Å². The topological polar surface area (TPSA) is 36.4 Å². The lowest BCUT2D eigenvalue weighted by atomic mass is 10.1. The van der Waals surface area contributed by atoms with E-state index in [1.165, 1.54) is 12.1 Å². The lowest BCUT2D eigenvalue weighted by molar-refractivity contribution is -0.135. The van der Waals surface area contributed by atoms with Gasteiger partial charge in [0.1, 0.15) is 5.82 Å². The third-order valence-corrected chi connectivity index (χ3v) is 3.00. The minimum atomic E-state index is -4.09. The number of aliphatic imine (C=N–C) groups is 1. The molecule has 7 heteroatoms. The van der Waals surface area contributed by atoms with E-state index in [0.29, 0.717) is 31.9 Å². The van der Waals surface area contributed by atoms with Crippen molar-refractivity contribution in [2.45, 2.75) is 31.9 Å². The summed E-state index contributed by atoms with van der Waals surface area (Å²) < 4.78 is 48.9. The lowest BCUT2D eigenvalue weighted by Crippen LogP contribution is -2.38. The molecule has 0 aromatic heterocycles. The predicted molar refractivity (Wildman–Crippen MR) is 79.4 cm³/mol. The van der Waals surface area contributed by atoms with Crippen molar-refractivity contribution in [3.63, 3.8) is 0 Å². The summed E-state index contributed by atoms with van der Waals surface area (Å²) in [5.41, 5.74) is 0.869. The summed E-state index contributed by atoms with van der Waals surface area (Å²) in [6, 6.07) is 6.34. The first-order chi connectivity index (χ1) is 10.4. The molecule has 124 valence electrons. The third-order valence-electron chi connectivity index (χ3n) is 3.00. The Kier molecular flexibility index (Phi) is 7.70. The van der Waals surface area contributed by atoms with Crippen LogP contribution < -0.4 is 10.6 Å². The first kappa shape index (κ1) is 18.3. The molecule has 0 aliphatic heterocycles. The Labute approximate surface area is 127 Å². The van der Waals surface area contributed by atoms with Crippen molar-refractivity contribution in [2.75, 3.05) is 20.1 Å². The molecule has 0 unspecified atom stereocenters. The molecule has 0 bridgehead atoms. The number of benzene rings is 1. The van der Waals surface area contributed by atoms with Crippen molar-refractivity contribution in [2.24, 2.45) is 4.99 Å². The monoisotopic (exact) mass is 319 g/mol. The molecule has 0 spiro atoms. The van der Waals surface area contributed by atoms with Crippen LogP contribution in [0.25, 0.3) is 0 Å². The maximum atomic E-state index is 13.0. The van der Waals surface area contributed by atoms with Crippen molar-refractivity contribution in [1.82, 2.24) is 10.6 Å². The van der Waals surface area contributed by atoms with Crippen LogP contribution in [-0.4, -0.2) is 32.3 Å². The highest BCUT2D eigenvalue weighted by Gasteiger charge is 2.25. The van der Waals surface area contributed by atoms with Gasteiger partial charge in [0.15, 0.2) is 5.96 Å². The summed E-state index contributed by atoms with van der Waals surface area (Å²) in [7, 11) is 1.59. The van der Waals surface area contributed by atoms with Crippen molar-refractivity contribution < 1.29 is 17.6 Å². The van der Waals surface area contributed by atoms with Crippen LogP contribution in [0, 0.1) is 5.82 Å². The second-order valence-electron chi connectivity index (χ2n) is 4.88. The molecule has 1 rings (SSSR count). The fourth-order valence-electron chi connectivity index (χ4n) is 1.90. The Morgan fingerprint density at radius 2 is 1.86 bits per heavy atom. The average Bonchev–Trinajstić information content (AvgIpc) is 2.44. The first-order valence-corrected chi connectivity index (χ1v) is 7.16. The van der Waals surface area contributed by atoms with Gasteiger partial charge in [-0.2, -0.15) is 13.2 Å². The van der Waals surface area contributed by atoms with E-state index in [1.807, 2.05) is 6.07 Å². The highest BCUT2D eigenvalue weighted by Crippen LogP contribution is 2.21. The molecule has 2 N–H and O–H groups in total. The van der Waals surface area contributed by atoms with Crippen LogP contribution >= 0.6 is 0 Å². The van der Waals surface area contributed by atoms with Gasteiger partial charge in [-0.3, -0.25) is 4.99 Å². The van der Waals surface area contributed by atoms with E-state index in [0.717, 1.165) is 5.56 Å². The number of guanidine groups is 1.